The Kier molecular flexibility index (Phi) is 2.56. The van der Waals surface area contributed by atoms with Crippen molar-refractivity contribution in [1.29, 1.82) is 0 Å². The fourth-order valence-corrected chi connectivity index (χ4v) is 3.35. The molecule has 0 atom stereocenters. The number of pyridine rings is 1. The van der Waals surface area contributed by atoms with Crippen molar-refractivity contribution < 1.29 is 0 Å². The third-order valence-corrected chi connectivity index (χ3v) is 4.46. The van der Waals surface area contributed by atoms with Crippen LogP contribution < -0.4 is 0 Å². The van der Waals surface area contributed by atoms with Crippen LogP contribution in [0.4, 0.5) is 0 Å². The second-order valence-corrected chi connectivity index (χ2v) is 5.39. The van der Waals surface area contributed by atoms with Crippen molar-refractivity contribution in [3.05, 3.63) is 54.0 Å². The van der Waals surface area contributed by atoms with Crippen molar-refractivity contribution in [3.63, 3.8) is 0 Å². The average molecular weight is 243 g/mol. The standard InChI is InChI=1S/C13H9NS2/c1-2-8-14-10(4-1)11-6-7-13(16-11)12-5-3-9-15-12/h1-9H. The van der Waals surface area contributed by atoms with Gasteiger partial charge in [-0.05, 0) is 35.7 Å². The van der Waals surface area contributed by atoms with Gasteiger partial charge in [-0.1, -0.05) is 12.1 Å². The number of hydrogen-bond donors (Lipinski definition) is 0. The quantitative estimate of drug-likeness (QED) is 0.644. The highest BCUT2D eigenvalue weighted by Gasteiger charge is 2.05. The Balaban J connectivity index is 2.00. The van der Waals surface area contributed by atoms with Gasteiger partial charge in [0.15, 0.2) is 0 Å². The summed E-state index contributed by atoms with van der Waals surface area (Å²) in [6, 6.07) is 14.6. The summed E-state index contributed by atoms with van der Waals surface area (Å²) in [5, 5.41) is 2.11. The third kappa shape index (κ3) is 1.79. The molecule has 0 aliphatic heterocycles. The van der Waals surface area contributed by atoms with E-state index in [0.717, 1.165) is 5.69 Å². The van der Waals surface area contributed by atoms with Crippen LogP contribution in [0.15, 0.2) is 54.0 Å². The van der Waals surface area contributed by atoms with Crippen LogP contribution in [-0.4, -0.2) is 4.98 Å². The molecular formula is C13H9NS2. The molecule has 0 aliphatic rings. The molecule has 0 amide bonds. The first-order valence-electron chi connectivity index (χ1n) is 4.98. The van der Waals surface area contributed by atoms with Gasteiger partial charge in [0.2, 0.25) is 0 Å². The van der Waals surface area contributed by atoms with Crippen LogP contribution in [0.1, 0.15) is 0 Å². The van der Waals surface area contributed by atoms with Gasteiger partial charge in [-0.2, -0.15) is 0 Å². The van der Waals surface area contributed by atoms with Gasteiger partial charge in [-0.25, -0.2) is 0 Å². The van der Waals surface area contributed by atoms with Gasteiger partial charge in [-0.3, -0.25) is 4.98 Å². The minimum absolute atomic E-state index is 1.05. The maximum absolute atomic E-state index is 4.36. The van der Waals surface area contributed by atoms with Gasteiger partial charge in [0.25, 0.3) is 0 Å². The Morgan fingerprint density at radius 2 is 1.75 bits per heavy atom. The molecule has 0 aromatic carbocycles. The van der Waals surface area contributed by atoms with Crippen molar-refractivity contribution in [1.82, 2.24) is 4.98 Å². The molecule has 0 spiro atoms. The molecule has 3 aromatic rings. The molecular weight excluding hydrogens is 234 g/mol. The number of thiophene rings is 2. The fourth-order valence-electron chi connectivity index (χ4n) is 1.54. The predicted molar refractivity (Wildman–Crippen MR) is 70.9 cm³/mol. The minimum atomic E-state index is 1.05. The molecule has 0 fully saturated rings. The van der Waals surface area contributed by atoms with Crippen molar-refractivity contribution in [3.8, 4) is 20.3 Å². The van der Waals surface area contributed by atoms with Gasteiger partial charge in [0.05, 0.1) is 10.6 Å². The Labute approximate surface area is 102 Å². The van der Waals surface area contributed by atoms with Gasteiger partial charge in [-0.15, -0.1) is 22.7 Å². The van der Waals surface area contributed by atoms with Crippen LogP contribution in [0.25, 0.3) is 20.3 Å². The van der Waals surface area contributed by atoms with E-state index < -0.39 is 0 Å². The summed E-state index contributed by atoms with van der Waals surface area (Å²) in [4.78, 5) is 8.22. The normalized spacial score (nSPS) is 10.5. The van der Waals surface area contributed by atoms with Crippen LogP contribution >= 0.6 is 22.7 Å². The molecule has 1 nitrogen and oxygen atoms in total. The summed E-state index contributed by atoms with van der Waals surface area (Å²) in [5.41, 5.74) is 1.05. The second kappa shape index (κ2) is 4.20. The molecule has 16 heavy (non-hydrogen) atoms. The number of aromatic nitrogens is 1. The van der Waals surface area contributed by atoms with E-state index in [1.807, 2.05) is 24.4 Å². The Morgan fingerprint density at radius 1 is 0.812 bits per heavy atom. The summed E-state index contributed by atoms with van der Waals surface area (Å²) in [5.74, 6) is 0. The molecule has 0 bridgehead atoms. The highest BCUT2D eigenvalue weighted by atomic mass is 32.1. The maximum Gasteiger partial charge on any atom is 0.0801 e. The molecule has 3 rings (SSSR count). The van der Waals surface area contributed by atoms with Crippen molar-refractivity contribution in [2.24, 2.45) is 0 Å². The van der Waals surface area contributed by atoms with E-state index in [2.05, 4.69) is 34.6 Å². The lowest BCUT2D eigenvalue weighted by Crippen LogP contribution is -1.75. The van der Waals surface area contributed by atoms with Crippen LogP contribution in [0, 0.1) is 0 Å². The summed E-state index contributed by atoms with van der Waals surface area (Å²) >= 11 is 3.57. The average Bonchev–Trinajstić information content (AvgIpc) is 3.01. The lowest BCUT2D eigenvalue weighted by atomic mass is 10.3. The zero-order valence-corrected chi connectivity index (χ0v) is 10.1. The molecule has 3 heteroatoms. The first-order valence-corrected chi connectivity index (χ1v) is 6.68. The number of hydrogen-bond acceptors (Lipinski definition) is 3. The summed E-state index contributed by atoms with van der Waals surface area (Å²) in [6.45, 7) is 0. The van der Waals surface area contributed by atoms with Crippen LogP contribution in [0.2, 0.25) is 0 Å². The molecule has 0 unspecified atom stereocenters. The second-order valence-electron chi connectivity index (χ2n) is 3.36. The van der Waals surface area contributed by atoms with Crippen molar-refractivity contribution in [2.75, 3.05) is 0 Å². The smallest absolute Gasteiger partial charge is 0.0801 e. The molecule has 78 valence electrons. The van der Waals surface area contributed by atoms with E-state index in [1.165, 1.54) is 14.6 Å². The van der Waals surface area contributed by atoms with E-state index in [9.17, 15) is 0 Å². The SMILES string of the molecule is c1ccc(-c2ccc(-c3cccs3)s2)nc1. The van der Waals surface area contributed by atoms with Gasteiger partial charge in [0.1, 0.15) is 0 Å². The van der Waals surface area contributed by atoms with Crippen molar-refractivity contribution >= 4 is 22.7 Å². The lowest BCUT2D eigenvalue weighted by molar-refractivity contribution is 1.34. The van der Waals surface area contributed by atoms with E-state index in [0.29, 0.717) is 0 Å². The van der Waals surface area contributed by atoms with Crippen LogP contribution in [-0.2, 0) is 0 Å². The molecule has 0 aliphatic carbocycles. The highest BCUT2D eigenvalue weighted by Crippen LogP contribution is 2.35. The maximum atomic E-state index is 4.36. The Hall–Kier alpha value is -1.45. The van der Waals surface area contributed by atoms with E-state index in [-0.39, 0.29) is 0 Å². The molecule has 3 aromatic heterocycles. The van der Waals surface area contributed by atoms with Gasteiger partial charge < -0.3 is 0 Å². The Morgan fingerprint density at radius 3 is 2.50 bits per heavy atom. The molecule has 0 N–H and O–H groups in total. The van der Waals surface area contributed by atoms with Gasteiger partial charge in [0, 0.05) is 16.0 Å². The van der Waals surface area contributed by atoms with Gasteiger partial charge >= 0.3 is 0 Å². The van der Waals surface area contributed by atoms with Crippen LogP contribution in [0.3, 0.4) is 0 Å². The highest BCUT2D eigenvalue weighted by molar-refractivity contribution is 7.23. The first-order chi connectivity index (χ1) is 7.93. The van der Waals surface area contributed by atoms with E-state index in [4.69, 9.17) is 0 Å². The van der Waals surface area contributed by atoms with Crippen LogP contribution in [0.5, 0.6) is 0 Å². The van der Waals surface area contributed by atoms with E-state index in [1.54, 1.807) is 22.7 Å². The topological polar surface area (TPSA) is 12.9 Å². The zero-order chi connectivity index (χ0) is 10.8. The summed E-state index contributed by atoms with van der Waals surface area (Å²) in [7, 11) is 0. The van der Waals surface area contributed by atoms with E-state index >= 15 is 0 Å². The largest absolute Gasteiger partial charge is 0.255 e. The molecule has 0 radical (unpaired) electrons. The van der Waals surface area contributed by atoms with Crippen molar-refractivity contribution in [2.45, 2.75) is 0 Å². The molecule has 3 heterocycles. The summed E-state index contributed by atoms with van der Waals surface area (Å²) in [6.07, 6.45) is 1.83. The molecule has 0 saturated heterocycles. The number of nitrogens with zero attached hydrogens (tertiary/aromatic N) is 1. The fraction of sp³-hybridized carbons (Fsp3) is 0. The number of rotatable bonds is 2. The molecule has 0 saturated carbocycles. The third-order valence-electron chi connectivity index (χ3n) is 2.29. The Bertz CT molecular complexity index is 567. The summed E-state index contributed by atoms with van der Waals surface area (Å²) < 4.78 is 0. The minimum Gasteiger partial charge on any atom is -0.255 e. The zero-order valence-electron chi connectivity index (χ0n) is 8.46. The monoisotopic (exact) mass is 243 g/mol. The lowest BCUT2D eigenvalue weighted by Gasteiger charge is -1.93. The predicted octanol–water partition coefficient (Wildman–Crippen LogP) is 4.54. The first kappa shape index (κ1) is 9.75.